The normalized spacial score (nSPS) is 10.8. The fourth-order valence-corrected chi connectivity index (χ4v) is 5.12. The van der Waals surface area contributed by atoms with E-state index in [1.54, 1.807) is 37.6 Å². The van der Waals surface area contributed by atoms with Crippen molar-refractivity contribution in [2.75, 3.05) is 12.0 Å². The van der Waals surface area contributed by atoms with Crippen LogP contribution in [0.1, 0.15) is 16.7 Å². The van der Waals surface area contributed by atoms with Crippen LogP contribution >= 0.6 is 0 Å². The largest absolute Gasteiger partial charge is 0.497 e. The number of benzene rings is 3. The van der Waals surface area contributed by atoms with E-state index < -0.39 is 0 Å². The van der Waals surface area contributed by atoms with Gasteiger partial charge in [-0.25, -0.2) is 4.98 Å². The zero-order valence-corrected chi connectivity index (χ0v) is 26.3. The topological polar surface area (TPSA) is 124 Å². The SMILES string of the molecule is COc1ccc(N(c2ccc(/C=C/c3ccnc(-c4cc(OC=O)cc(-c5cc(OC=O)ccn5)n4)c3)cc2)c2ccc(CO)cc2)cc1. The highest BCUT2D eigenvalue weighted by atomic mass is 16.5. The summed E-state index contributed by atoms with van der Waals surface area (Å²) in [6.07, 6.45) is 7.15. The van der Waals surface area contributed by atoms with Gasteiger partial charge in [0.2, 0.25) is 0 Å². The molecule has 6 rings (SSSR count). The Balaban J connectivity index is 1.26. The maximum absolute atomic E-state index is 11.2. The Labute approximate surface area is 282 Å². The highest BCUT2D eigenvalue weighted by Crippen LogP contribution is 2.36. The van der Waals surface area contributed by atoms with Gasteiger partial charge < -0.3 is 24.2 Å². The smallest absolute Gasteiger partial charge is 0.298 e. The number of hydrogen-bond acceptors (Lipinski definition) is 10. The predicted molar refractivity (Wildman–Crippen MR) is 187 cm³/mol. The summed E-state index contributed by atoms with van der Waals surface area (Å²) < 4.78 is 15.5. The Morgan fingerprint density at radius 2 is 1.12 bits per heavy atom. The Kier molecular flexibility index (Phi) is 10.1. The Morgan fingerprint density at radius 3 is 1.73 bits per heavy atom. The average Bonchev–Trinajstić information content (AvgIpc) is 3.15. The molecule has 242 valence electrons. The lowest BCUT2D eigenvalue weighted by Crippen LogP contribution is -2.10. The van der Waals surface area contributed by atoms with Crippen molar-refractivity contribution in [2.24, 2.45) is 0 Å². The summed E-state index contributed by atoms with van der Waals surface area (Å²) in [5.41, 5.74) is 7.41. The number of carbonyl (C=O) groups excluding carboxylic acids is 2. The second-order valence-electron chi connectivity index (χ2n) is 10.6. The number of methoxy groups -OCH3 is 1. The van der Waals surface area contributed by atoms with Gasteiger partial charge in [0, 0.05) is 47.7 Å². The number of aromatic nitrogens is 3. The molecule has 0 aliphatic carbocycles. The van der Waals surface area contributed by atoms with Gasteiger partial charge in [0.25, 0.3) is 12.9 Å². The van der Waals surface area contributed by atoms with Crippen molar-refractivity contribution in [3.8, 4) is 40.0 Å². The van der Waals surface area contributed by atoms with Gasteiger partial charge in [-0.2, -0.15) is 0 Å². The van der Waals surface area contributed by atoms with Gasteiger partial charge in [0.05, 0.1) is 36.5 Å². The lowest BCUT2D eigenvalue weighted by molar-refractivity contribution is -0.121. The highest BCUT2D eigenvalue weighted by molar-refractivity contribution is 5.79. The summed E-state index contributed by atoms with van der Waals surface area (Å²) in [4.78, 5) is 37.6. The molecule has 0 aliphatic rings. The first-order valence-electron chi connectivity index (χ1n) is 15.1. The van der Waals surface area contributed by atoms with Crippen LogP contribution in [0.15, 0.2) is 122 Å². The maximum Gasteiger partial charge on any atom is 0.298 e. The van der Waals surface area contributed by atoms with Crippen molar-refractivity contribution in [2.45, 2.75) is 6.61 Å². The van der Waals surface area contributed by atoms with Crippen LogP contribution in [0.4, 0.5) is 17.1 Å². The zero-order chi connectivity index (χ0) is 34.0. The molecule has 0 saturated carbocycles. The molecule has 49 heavy (non-hydrogen) atoms. The van der Waals surface area contributed by atoms with Crippen molar-refractivity contribution in [3.05, 3.63) is 138 Å². The van der Waals surface area contributed by atoms with Crippen molar-refractivity contribution in [1.29, 1.82) is 0 Å². The summed E-state index contributed by atoms with van der Waals surface area (Å²) in [7, 11) is 1.64. The third-order valence-electron chi connectivity index (χ3n) is 7.53. The lowest BCUT2D eigenvalue weighted by atomic mass is 10.1. The molecule has 0 saturated heterocycles. The third-order valence-corrected chi connectivity index (χ3v) is 7.53. The number of anilines is 3. The number of aliphatic hydroxyl groups excluding tert-OH is 1. The van der Waals surface area contributed by atoms with Crippen molar-refractivity contribution >= 4 is 42.2 Å². The van der Waals surface area contributed by atoms with E-state index in [1.807, 2.05) is 84.9 Å². The first kappa shape index (κ1) is 32.3. The van der Waals surface area contributed by atoms with E-state index in [0.717, 1.165) is 39.5 Å². The molecule has 0 amide bonds. The summed E-state index contributed by atoms with van der Waals surface area (Å²) in [5.74, 6) is 1.33. The highest BCUT2D eigenvalue weighted by Gasteiger charge is 2.14. The van der Waals surface area contributed by atoms with Crippen LogP contribution in [0.2, 0.25) is 0 Å². The summed E-state index contributed by atoms with van der Waals surface area (Å²) in [6.45, 7) is 0.646. The van der Waals surface area contributed by atoms with Crippen LogP contribution in [0.25, 0.3) is 34.9 Å². The molecule has 0 atom stereocenters. The summed E-state index contributed by atoms with van der Waals surface area (Å²) >= 11 is 0. The predicted octanol–water partition coefficient (Wildman–Crippen LogP) is 7.42. The minimum atomic E-state index is -0.0213. The van der Waals surface area contributed by atoms with Crippen LogP contribution < -0.4 is 19.1 Å². The number of pyridine rings is 3. The van der Waals surface area contributed by atoms with Crippen LogP contribution in [0, 0.1) is 0 Å². The van der Waals surface area contributed by atoms with E-state index >= 15 is 0 Å². The van der Waals surface area contributed by atoms with E-state index in [-0.39, 0.29) is 12.4 Å². The standard InChI is InChI=1S/C39H30N4O6/c1-47-33-14-12-32(13-15-33)43(31-10-6-29(24-44)7-11-31)30-8-4-27(5-9-30)2-3-28-16-18-40-36(20-28)38-22-35(49-26-46)23-39(42-38)37-21-34(48-25-45)17-19-41-37/h2-23,25-26,44H,24H2,1H3/b3-2+. The second-order valence-corrected chi connectivity index (χ2v) is 10.6. The molecule has 6 aromatic rings. The molecule has 0 unspecified atom stereocenters. The molecule has 3 heterocycles. The van der Waals surface area contributed by atoms with Crippen LogP contribution in [-0.2, 0) is 16.2 Å². The van der Waals surface area contributed by atoms with Crippen LogP contribution in [0.5, 0.6) is 17.2 Å². The molecule has 10 heteroatoms. The lowest BCUT2D eigenvalue weighted by Gasteiger charge is -2.26. The van der Waals surface area contributed by atoms with Gasteiger partial charge in [-0.3, -0.25) is 19.6 Å². The first-order chi connectivity index (χ1) is 24.1. The van der Waals surface area contributed by atoms with Gasteiger partial charge in [0.15, 0.2) is 0 Å². The average molecular weight is 651 g/mol. The van der Waals surface area contributed by atoms with E-state index in [0.29, 0.717) is 41.5 Å². The van der Waals surface area contributed by atoms with Crippen molar-refractivity contribution in [1.82, 2.24) is 15.0 Å². The quantitative estimate of drug-likeness (QED) is 0.126. The number of nitrogens with zero attached hydrogens (tertiary/aromatic N) is 4. The number of carbonyl (C=O) groups is 2. The molecular formula is C39H30N4O6. The van der Waals surface area contributed by atoms with E-state index in [4.69, 9.17) is 19.2 Å². The summed E-state index contributed by atoms with van der Waals surface area (Å²) in [5, 5.41) is 9.53. The molecule has 1 N–H and O–H groups in total. The Hall–Kier alpha value is -6.65. The van der Waals surface area contributed by atoms with Crippen molar-refractivity contribution in [3.63, 3.8) is 0 Å². The number of hydrogen-bond donors (Lipinski definition) is 1. The van der Waals surface area contributed by atoms with Gasteiger partial charge >= 0.3 is 0 Å². The van der Waals surface area contributed by atoms with E-state index in [1.165, 1.54) is 6.20 Å². The maximum atomic E-state index is 11.2. The minimum absolute atomic E-state index is 0.0213. The van der Waals surface area contributed by atoms with E-state index in [9.17, 15) is 14.7 Å². The number of rotatable bonds is 13. The second kappa shape index (κ2) is 15.3. The Bertz CT molecular complexity index is 2030. The molecule has 0 bridgehead atoms. The fraction of sp³-hybridized carbons (Fsp3) is 0.0513. The number of aliphatic hydroxyl groups is 1. The summed E-state index contributed by atoms with van der Waals surface area (Å²) in [6, 6.07) is 33.9. The molecule has 0 radical (unpaired) electrons. The van der Waals surface area contributed by atoms with Gasteiger partial charge in [0.1, 0.15) is 17.2 Å². The molecule has 3 aromatic heterocycles. The van der Waals surface area contributed by atoms with Crippen LogP contribution in [0.3, 0.4) is 0 Å². The molecule has 0 aliphatic heterocycles. The molecule has 3 aromatic carbocycles. The van der Waals surface area contributed by atoms with Crippen LogP contribution in [-0.4, -0.2) is 40.1 Å². The monoisotopic (exact) mass is 650 g/mol. The van der Waals surface area contributed by atoms with Gasteiger partial charge in [-0.15, -0.1) is 0 Å². The Morgan fingerprint density at radius 1 is 0.592 bits per heavy atom. The number of ether oxygens (including phenoxy) is 3. The molecule has 0 spiro atoms. The van der Waals surface area contributed by atoms with Crippen molar-refractivity contribution < 1.29 is 28.9 Å². The fourth-order valence-electron chi connectivity index (χ4n) is 5.12. The minimum Gasteiger partial charge on any atom is -0.497 e. The third kappa shape index (κ3) is 7.84. The zero-order valence-electron chi connectivity index (χ0n) is 26.3. The van der Waals surface area contributed by atoms with Gasteiger partial charge in [-0.05, 0) is 83.4 Å². The molecule has 10 nitrogen and oxygen atoms in total. The van der Waals surface area contributed by atoms with E-state index in [2.05, 4.69) is 27.0 Å². The van der Waals surface area contributed by atoms with Gasteiger partial charge in [-0.1, -0.05) is 36.4 Å². The molecular weight excluding hydrogens is 620 g/mol. The first-order valence-corrected chi connectivity index (χ1v) is 15.1. The molecule has 0 fully saturated rings.